The summed E-state index contributed by atoms with van der Waals surface area (Å²) in [5, 5.41) is 2.17. The first-order chi connectivity index (χ1) is 10.3. The summed E-state index contributed by atoms with van der Waals surface area (Å²) in [6.45, 7) is 0. The Morgan fingerprint density at radius 2 is 1.64 bits per heavy atom. The van der Waals surface area contributed by atoms with Crippen LogP contribution in [0.1, 0.15) is 12.8 Å². The van der Waals surface area contributed by atoms with Crippen molar-refractivity contribution in [3.63, 3.8) is 0 Å². The normalized spacial score (nSPS) is 18.6. The van der Waals surface area contributed by atoms with Gasteiger partial charge in [-0.1, -0.05) is 21.6 Å². The van der Waals surface area contributed by atoms with Crippen LogP contribution in [-0.2, 0) is 19.2 Å². The number of nitrogens with one attached hydrogen (secondary N) is 2. The fraction of sp³-hybridized carbons (Fsp3) is 0.600. The molecule has 0 radical (unpaired) electrons. The molecular weight excluding hydrogens is 332 g/mol. The molecule has 10 nitrogen and oxygen atoms in total. The van der Waals surface area contributed by atoms with E-state index in [1.54, 1.807) is 0 Å². The summed E-state index contributed by atoms with van der Waals surface area (Å²) >= 11 is 0. The Balaban J connectivity index is 2.89. The van der Waals surface area contributed by atoms with Crippen LogP contribution in [0.4, 0.5) is 0 Å². The number of hydrazine groups is 4. The minimum atomic E-state index is -1.10. The zero-order valence-electron chi connectivity index (χ0n) is 12.2. The first-order valence-electron chi connectivity index (χ1n) is 6.26. The fourth-order valence-electron chi connectivity index (χ4n) is 1.35. The van der Waals surface area contributed by atoms with E-state index in [1.165, 1.54) is 35.7 Å². The second-order valence-electron chi connectivity index (χ2n) is 4.27. The highest BCUT2D eigenvalue weighted by Crippen LogP contribution is 2.22. The molecule has 1 aliphatic heterocycles. The van der Waals surface area contributed by atoms with Crippen molar-refractivity contribution < 1.29 is 19.2 Å². The van der Waals surface area contributed by atoms with Gasteiger partial charge in [0, 0.05) is 38.4 Å². The van der Waals surface area contributed by atoms with Crippen molar-refractivity contribution in [1.29, 1.82) is 0 Å². The number of likely N-dealkylation sites (N-methyl/N-ethyl adjacent to an activating group) is 1. The highest BCUT2D eigenvalue weighted by atomic mass is 33.1. The van der Waals surface area contributed by atoms with E-state index < -0.39 is 17.7 Å². The third kappa shape index (κ3) is 5.71. The molecule has 1 rings (SSSR count). The van der Waals surface area contributed by atoms with Crippen LogP contribution in [0.3, 0.4) is 0 Å². The fourth-order valence-corrected chi connectivity index (χ4v) is 3.33. The number of hydrogen-bond donors (Lipinski definition) is 3. The Morgan fingerprint density at radius 1 is 1.14 bits per heavy atom. The monoisotopic (exact) mass is 350 g/mol. The van der Waals surface area contributed by atoms with Crippen molar-refractivity contribution in [3.8, 4) is 0 Å². The third-order valence-electron chi connectivity index (χ3n) is 2.42. The van der Waals surface area contributed by atoms with Crippen LogP contribution < -0.4 is 16.7 Å². The number of rotatable bonds is 0. The van der Waals surface area contributed by atoms with E-state index in [2.05, 4.69) is 10.9 Å². The van der Waals surface area contributed by atoms with Gasteiger partial charge in [0.15, 0.2) is 0 Å². The van der Waals surface area contributed by atoms with Gasteiger partial charge in [-0.25, -0.2) is 11.3 Å². The third-order valence-corrected chi connectivity index (χ3v) is 4.83. The molecule has 0 aromatic rings. The zero-order chi connectivity index (χ0) is 16.7. The minimum Gasteiger partial charge on any atom is -0.275 e. The molecule has 0 aromatic heterocycles. The van der Waals surface area contributed by atoms with Gasteiger partial charge in [-0.05, 0) is 0 Å². The van der Waals surface area contributed by atoms with Gasteiger partial charge >= 0.3 is 11.8 Å². The van der Waals surface area contributed by atoms with Crippen molar-refractivity contribution in [2.45, 2.75) is 12.8 Å². The molecule has 0 saturated carbocycles. The lowest BCUT2D eigenvalue weighted by Crippen LogP contribution is -2.63. The maximum atomic E-state index is 12.1. The first-order valence-corrected chi connectivity index (χ1v) is 8.75. The lowest BCUT2D eigenvalue weighted by atomic mass is 10.4. The molecule has 22 heavy (non-hydrogen) atoms. The Labute approximate surface area is 135 Å². The van der Waals surface area contributed by atoms with Gasteiger partial charge < -0.3 is 0 Å². The molecule has 1 heterocycles. The smallest absolute Gasteiger partial charge is 0.275 e. The van der Waals surface area contributed by atoms with Crippen molar-refractivity contribution in [2.24, 2.45) is 5.84 Å². The molecule has 1 saturated heterocycles. The molecule has 4 N–H and O–H groups in total. The average Bonchev–Trinajstić information content (AvgIpc) is 2.45. The first kappa shape index (κ1) is 18.5. The molecule has 1 aliphatic rings. The van der Waals surface area contributed by atoms with Gasteiger partial charge in [-0.3, -0.25) is 29.6 Å². The van der Waals surface area contributed by atoms with Crippen molar-refractivity contribution in [2.75, 3.05) is 25.6 Å². The van der Waals surface area contributed by atoms with Crippen LogP contribution in [0.2, 0.25) is 0 Å². The number of nitrogens with two attached hydrogens (primary N) is 1. The van der Waals surface area contributed by atoms with E-state index in [0.29, 0.717) is 21.6 Å². The van der Waals surface area contributed by atoms with Gasteiger partial charge in [-0.15, -0.1) is 5.12 Å². The van der Waals surface area contributed by atoms with Crippen LogP contribution in [-0.4, -0.2) is 64.5 Å². The summed E-state index contributed by atoms with van der Waals surface area (Å²) in [6.07, 6.45) is 0.401. The molecule has 0 bridgehead atoms. The SMILES string of the molecule is CN(N)C(=O)C(=O)N1NC(=O)CCSSCCC(=O)NN1C. The number of carbonyl (C=O) groups is 4. The Hall–Kier alpha value is -1.50. The largest absolute Gasteiger partial charge is 0.348 e. The van der Waals surface area contributed by atoms with Crippen LogP contribution in [0, 0.1) is 0 Å². The second-order valence-corrected chi connectivity index (χ2v) is 6.97. The Bertz CT molecular complexity index is 461. The average molecular weight is 350 g/mol. The summed E-state index contributed by atoms with van der Waals surface area (Å²) in [5.74, 6) is 3.38. The number of carbonyl (C=O) groups excluding carboxylic acids is 4. The van der Waals surface area contributed by atoms with Gasteiger partial charge in [0.2, 0.25) is 11.8 Å². The second kappa shape index (κ2) is 8.82. The molecule has 0 unspecified atom stereocenters. The molecule has 0 atom stereocenters. The van der Waals surface area contributed by atoms with Crippen molar-refractivity contribution >= 4 is 45.2 Å². The van der Waals surface area contributed by atoms with Gasteiger partial charge in [0.25, 0.3) is 0 Å². The lowest BCUT2D eigenvalue weighted by molar-refractivity contribution is -0.177. The molecule has 1 fully saturated rings. The molecule has 0 aliphatic carbocycles. The topological polar surface area (TPSA) is 128 Å². The highest BCUT2D eigenvalue weighted by molar-refractivity contribution is 8.76. The Morgan fingerprint density at radius 3 is 2.14 bits per heavy atom. The van der Waals surface area contributed by atoms with Crippen LogP contribution in [0.15, 0.2) is 0 Å². The summed E-state index contributed by atoms with van der Waals surface area (Å²) in [5.41, 5.74) is 4.66. The predicted octanol–water partition coefficient (Wildman–Crippen LogP) is -1.77. The maximum absolute atomic E-state index is 12.1. The van der Waals surface area contributed by atoms with Gasteiger partial charge in [-0.2, -0.15) is 5.12 Å². The maximum Gasteiger partial charge on any atom is 0.348 e. The number of amides is 4. The molecule has 124 valence electrons. The van der Waals surface area contributed by atoms with Gasteiger partial charge in [0.1, 0.15) is 0 Å². The quantitative estimate of drug-likeness (QED) is 0.154. The van der Waals surface area contributed by atoms with E-state index >= 15 is 0 Å². The molecular formula is C10H18N6O4S2. The summed E-state index contributed by atoms with van der Waals surface area (Å²) in [7, 11) is 5.48. The summed E-state index contributed by atoms with van der Waals surface area (Å²) in [6, 6.07) is 0. The van der Waals surface area contributed by atoms with E-state index in [1.807, 2.05) is 0 Å². The number of hydrogen-bond acceptors (Lipinski definition) is 8. The van der Waals surface area contributed by atoms with Crippen LogP contribution >= 0.6 is 21.6 Å². The van der Waals surface area contributed by atoms with Crippen molar-refractivity contribution in [3.05, 3.63) is 0 Å². The molecule has 0 aromatic carbocycles. The number of nitrogens with zero attached hydrogens (tertiary/aromatic N) is 3. The predicted molar refractivity (Wildman–Crippen MR) is 82.0 cm³/mol. The molecule has 4 amide bonds. The Kier molecular flexibility index (Phi) is 7.44. The van der Waals surface area contributed by atoms with E-state index in [9.17, 15) is 19.2 Å². The van der Waals surface area contributed by atoms with Crippen molar-refractivity contribution in [1.82, 2.24) is 26.1 Å². The summed E-state index contributed by atoms with van der Waals surface area (Å²) in [4.78, 5) is 47.2. The lowest BCUT2D eigenvalue weighted by Gasteiger charge is -2.31. The standard InChI is InChI=1S/C10H18N6O4S2/c1-14(11)9(19)10(20)16-13-8(18)4-6-22-21-5-3-7(17)12-15(16)2/h3-6,11H2,1-2H3,(H,12,17)(H,13,18). The highest BCUT2D eigenvalue weighted by Gasteiger charge is 2.29. The van der Waals surface area contributed by atoms with Crippen LogP contribution in [0.25, 0.3) is 0 Å². The minimum absolute atomic E-state index is 0.163. The van der Waals surface area contributed by atoms with E-state index in [0.717, 1.165) is 5.12 Å². The summed E-state index contributed by atoms with van der Waals surface area (Å²) < 4.78 is 0. The van der Waals surface area contributed by atoms with Crippen LogP contribution in [0.5, 0.6) is 0 Å². The van der Waals surface area contributed by atoms with E-state index in [-0.39, 0.29) is 18.7 Å². The zero-order valence-corrected chi connectivity index (χ0v) is 13.8. The molecule has 0 spiro atoms. The van der Waals surface area contributed by atoms with Gasteiger partial charge in [0.05, 0.1) is 0 Å². The van der Waals surface area contributed by atoms with E-state index in [4.69, 9.17) is 5.84 Å². The molecule has 12 heteroatoms.